The third-order valence-corrected chi connectivity index (χ3v) is 3.05. The van der Waals surface area contributed by atoms with E-state index in [9.17, 15) is 0 Å². The Balaban J connectivity index is 1.73. The van der Waals surface area contributed by atoms with Crippen LogP contribution in [0.25, 0.3) is 0 Å². The van der Waals surface area contributed by atoms with Crippen LogP contribution in [0.1, 0.15) is 43.9 Å². The fourth-order valence-electron chi connectivity index (χ4n) is 2.12. The van der Waals surface area contributed by atoms with E-state index in [0.29, 0.717) is 12.7 Å². The van der Waals surface area contributed by atoms with Crippen molar-refractivity contribution in [3.63, 3.8) is 0 Å². The van der Waals surface area contributed by atoms with Gasteiger partial charge in [-0.15, -0.1) is 0 Å². The summed E-state index contributed by atoms with van der Waals surface area (Å²) in [6.07, 6.45) is 7.33. The molecule has 1 fully saturated rings. The van der Waals surface area contributed by atoms with E-state index in [-0.39, 0.29) is 0 Å². The summed E-state index contributed by atoms with van der Waals surface area (Å²) in [5.74, 6) is 0.944. The molecule has 1 aromatic rings. The summed E-state index contributed by atoms with van der Waals surface area (Å²) >= 11 is 0. The highest BCUT2D eigenvalue weighted by molar-refractivity contribution is 5.12. The minimum absolute atomic E-state index is 0.460. The maximum atomic E-state index is 5.79. The van der Waals surface area contributed by atoms with Crippen molar-refractivity contribution in [2.24, 2.45) is 0 Å². The molecule has 0 aliphatic heterocycles. The second-order valence-corrected chi connectivity index (χ2v) is 4.42. The minimum atomic E-state index is 0.460. The molecule has 1 aliphatic rings. The fourth-order valence-corrected chi connectivity index (χ4v) is 2.12. The zero-order valence-electron chi connectivity index (χ0n) is 10.00. The third kappa shape index (κ3) is 3.35. The van der Waals surface area contributed by atoms with Gasteiger partial charge in [0.15, 0.2) is 0 Å². The van der Waals surface area contributed by atoms with Gasteiger partial charge in [-0.1, -0.05) is 19.8 Å². The van der Waals surface area contributed by atoms with Gasteiger partial charge < -0.3 is 14.5 Å². The predicted molar refractivity (Wildman–Crippen MR) is 63.1 cm³/mol. The molecule has 1 heterocycles. The topological polar surface area (TPSA) is 34.4 Å². The van der Waals surface area contributed by atoms with E-state index in [1.54, 1.807) is 0 Å². The molecule has 1 aliphatic carbocycles. The fraction of sp³-hybridized carbons (Fsp3) is 0.692. The number of rotatable bonds is 6. The number of hydrogen-bond acceptors (Lipinski definition) is 3. The van der Waals surface area contributed by atoms with Crippen molar-refractivity contribution in [1.82, 2.24) is 5.32 Å². The highest BCUT2D eigenvalue weighted by atomic mass is 16.5. The van der Waals surface area contributed by atoms with Crippen LogP contribution in [0, 0.1) is 0 Å². The first-order chi connectivity index (χ1) is 7.88. The molecular formula is C13H21NO2. The molecule has 1 N–H and O–H groups in total. The Morgan fingerprint density at radius 1 is 1.44 bits per heavy atom. The molecule has 0 bridgehead atoms. The monoisotopic (exact) mass is 223 g/mol. The van der Waals surface area contributed by atoms with Gasteiger partial charge in [-0.25, -0.2) is 0 Å². The van der Waals surface area contributed by atoms with Gasteiger partial charge in [-0.3, -0.25) is 0 Å². The summed E-state index contributed by atoms with van der Waals surface area (Å²) in [4.78, 5) is 0. The molecule has 0 spiro atoms. The molecule has 0 radical (unpaired) electrons. The predicted octanol–water partition coefficient (Wildman–Crippen LogP) is 2.85. The normalized spacial score (nSPS) is 17.1. The average molecular weight is 223 g/mol. The van der Waals surface area contributed by atoms with Crippen molar-refractivity contribution >= 4 is 0 Å². The van der Waals surface area contributed by atoms with E-state index in [1.165, 1.54) is 31.2 Å². The molecule has 1 aromatic heterocycles. The lowest BCUT2D eigenvalue weighted by atomic mass is 10.3. The van der Waals surface area contributed by atoms with Gasteiger partial charge in [0.05, 0.1) is 12.4 Å². The summed E-state index contributed by atoms with van der Waals surface area (Å²) in [6.45, 7) is 4.59. The van der Waals surface area contributed by atoms with E-state index < -0.39 is 0 Å². The SMILES string of the molecule is CCNCc1coc(COC2CCCC2)c1. The summed E-state index contributed by atoms with van der Waals surface area (Å²) in [5, 5.41) is 3.27. The molecule has 0 atom stereocenters. The first-order valence-electron chi connectivity index (χ1n) is 6.27. The van der Waals surface area contributed by atoms with Crippen molar-refractivity contribution in [1.29, 1.82) is 0 Å². The van der Waals surface area contributed by atoms with Crippen molar-refractivity contribution < 1.29 is 9.15 Å². The van der Waals surface area contributed by atoms with E-state index in [0.717, 1.165) is 18.8 Å². The first kappa shape index (κ1) is 11.7. The quantitative estimate of drug-likeness (QED) is 0.805. The second kappa shape index (κ2) is 6.06. The van der Waals surface area contributed by atoms with Crippen LogP contribution >= 0.6 is 0 Å². The molecule has 0 amide bonds. The van der Waals surface area contributed by atoms with Crippen LogP contribution in [0.4, 0.5) is 0 Å². The van der Waals surface area contributed by atoms with Crippen molar-refractivity contribution in [3.8, 4) is 0 Å². The molecule has 16 heavy (non-hydrogen) atoms. The standard InChI is InChI=1S/C13H21NO2/c1-2-14-8-11-7-13(15-9-11)10-16-12-5-3-4-6-12/h7,9,12,14H,2-6,8,10H2,1H3. The van der Waals surface area contributed by atoms with Gasteiger partial charge in [0.25, 0.3) is 0 Å². The Bertz CT molecular complexity index is 303. The second-order valence-electron chi connectivity index (χ2n) is 4.42. The zero-order valence-corrected chi connectivity index (χ0v) is 10.00. The van der Waals surface area contributed by atoms with E-state index >= 15 is 0 Å². The Morgan fingerprint density at radius 3 is 3.00 bits per heavy atom. The molecule has 1 saturated carbocycles. The Labute approximate surface area is 97.2 Å². The van der Waals surface area contributed by atoms with Crippen molar-refractivity contribution in [2.45, 2.75) is 51.9 Å². The summed E-state index contributed by atoms with van der Waals surface area (Å²) in [6, 6.07) is 2.08. The lowest BCUT2D eigenvalue weighted by Gasteiger charge is -2.08. The van der Waals surface area contributed by atoms with Crippen LogP contribution < -0.4 is 5.32 Å². The average Bonchev–Trinajstić information content (AvgIpc) is 2.95. The van der Waals surface area contributed by atoms with Crippen LogP contribution in [0.3, 0.4) is 0 Å². The summed E-state index contributed by atoms with van der Waals surface area (Å²) in [5.41, 5.74) is 1.20. The van der Waals surface area contributed by atoms with Crippen LogP contribution in [-0.2, 0) is 17.9 Å². The molecule has 2 rings (SSSR count). The van der Waals surface area contributed by atoms with Gasteiger partial charge in [0.1, 0.15) is 12.4 Å². The maximum Gasteiger partial charge on any atom is 0.129 e. The van der Waals surface area contributed by atoms with Crippen LogP contribution in [-0.4, -0.2) is 12.6 Å². The van der Waals surface area contributed by atoms with Crippen LogP contribution in [0.2, 0.25) is 0 Å². The first-order valence-corrected chi connectivity index (χ1v) is 6.27. The van der Waals surface area contributed by atoms with E-state index in [2.05, 4.69) is 18.3 Å². The molecule has 0 saturated heterocycles. The van der Waals surface area contributed by atoms with Gasteiger partial charge in [-0.05, 0) is 25.5 Å². The Hall–Kier alpha value is -0.800. The largest absolute Gasteiger partial charge is 0.467 e. The zero-order chi connectivity index (χ0) is 11.2. The Morgan fingerprint density at radius 2 is 2.25 bits per heavy atom. The molecule has 0 unspecified atom stereocenters. The Kier molecular flexibility index (Phi) is 4.43. The summed E-state index contributed by atoms with van der Waals surface area (Å²) in [7, 11) is 0. The number of hydrogen-bond donors (Lipinski definition) is 1. The lowest BCUT2D eigenvalue weighted by Crippen LogP contribution is -2.10. The van der Waals surface area contributed by atoms with Crippen LogP contribution in [0.15, 0.2) is 16.7 Å². The molecular weight excluding hydrogens is 202 g/mol. The van der Waals surface area contributed by atoms with Crippen LogP contribution in [0.5, 0.6) is 0 Å². The van der Waals surface area contributed by atoms with Crippen molar-refractivity contribution in [3.05, 3.63) is 23.7 Å². The summed E-state index contributed by atoms with van der Waals surface area (Å²) < 4.78 is 11.2. The lowest BCUT2D eigenvalue weighted by molar-refractivity contribution is 0.0357. The molecule has 3 nitrogen and oxygen atoms in total. The minimum Gasteiger partial charge on any atom is -0.467 e. The van der Waals surface area contributed by atoms with Gasteiger partial charge in [0, 0.05) is 12.1 Å². The van der Waals surface area contributed by atoms with E-state index in [4.69, 9.17) is 9.15 Å². The third-order valence-electron chi connectivity index (χ3n) is 3.05. The molecule has 3 heteroatoms. The smallest absolute Gasteiger partial charge is 0.129 e. The van der Waals surface area contributed by atoms with Crippen molar-refractivity contribution in [2.75, 3.05) is 6.54 Å². The number of ether oxygens (including phenoxy) is 1. The molecule has 0 aromatic carbocycles. The molecule has 90 valence electrons. The maximum absolute atomic E-state index is 5.79. The van der Waals surface area contributed by atoms with Gasteiger partial charge in [0.2, 0.25) is 0 Å². The number of nitrogens with one attached hydrogen (secondary N) is 1. The number of furan rings is 1. The van der Waals surface area contributed by atoms with E-state index in [1.807, 2.05) is 6.26 Å². The van der Waals surface area contributed by atoms with Gasteiger partial charge in [-0.2, -0.15) is 0 Å². The highest BCUT2D eigenvalue weighted by Gasteiger charge is 2.15. The highest BCUT2D eigenvalue weighted by Crippen LogP contribution is 2.22. The van der Waals surface area contributed by atoms with Gasteiger partial charge >= 0.3 is 0 Å².